The van der Waals surface area contributed by atoms with Gasteiger partial charge >= 0.3 is 0 Å². The Morgan fingerprint density at radius 2 is 1.60 bits per heavy atom. The fraction of sp³-hybridized carbons (Fsp3) is 0.360. The van der Waals surface area contributed by atoms with Crippen molar-refractivity contribution in [2.75, 3.05) is 26.2 Å². The molecule has 3 aromatic rings. The Bertz CT molecular complexity index is 1020. The highest BCUT2D eigenvalue weighted by Gasteiger charge is 2.30. The number of hydrogen-bond donors (Lipinski definition) is 1. The molecule has 0 radical (unpaired) electrons. The second-order valence-corrected chi connectivity index (χ2v) is 8.45. The number of fused-ring (bicyclic) bond motifs is 1. The third-order valence-corrected chi connectivity index (χ3v) is 6.26. The summed E-state index contributed by atoms with van der Waals surface area (Å²) in [5.74, 6) is -1.19. The lowest BCUT2D eigenvalue weighted by Gasteiger charge is -2.39. The number of benzene rings is 3. The van der Waals surface area contributed by atoms with E-state index in [0.717, 1.165) is 38.0 Å². The van der Waals surface area contributed by atoms with Gasteiger partial charge in [0, 0.05) is 19.6 Å². The molecule has 0 spiro atoms. The molecule has 2 saturated heterocycles. The zero-order valence-electron chi connectivity index (χ0n) is 16.9. The molecule has 0 unspecified atom stereocenters. The van der Waals surface area contributed by atoms with E-state index in [9.17, 15) is 8.78 Å². The topological polar surface area (TPSA) is 24.5 Å². The number of hydrogen-bond acceptors (Lipinski definition) is 3. The van der Waals surface area contributed by atoms with Crippen LogP contribution in [0, 0.1) is 11.6 Å². The summed E-state index contributed by atoms with van der Waals surface area (Å²) in [5.41, 5.74) is 1.97. The van der Waals surface area contributed by atoms with Crippen molar-refractivity contribution in [1.82, 2.24) is 10.2 Å². The van der Waals surface area contributed by atoms with Crippen molar-refractivity contribution in [3.8, 4) is 5.75 Å². The monoisotopic (exact) mass is 408 g/mol. The predicted molar refractivity (Wildman–Crippen MR) is 115 cm³/mol. The summed E-state index contributed by atoms with van der Waals surface area (Å²) in [5, 5.41) is 5.73. The summed E-state index contributed by atoms with van der Waals surface area (Å²) >= 11 is 0. The largest absolute Gasteiger partial charge is 0.482 e. The van der Waals surface area contributed by atoms with Gasteiger partial charge in [-0.25, -0.2) is 8.78 Å². The first-order chi connectivity index (χ1) is 14.7. The zero-order chi connectivity index (χ0) is 20.5. The lowest BCUT2D eigenvalue weighted by atomic mass is 9.90. The van der Waals surface area contributed by atoms with Gasteiger partial charge in [0.05, 0.1) is 0 Å². The molecule has 0 amide bonds. The van der Waals surface area contributed by atoms with Crippen LogP contribution in [0.15, 0.2) is 54.6 Å². The van der Waals surface area contributed by atoms with E-state index < -0.39 is 11.6 Å². The van der Waals surface area contributed by atoms with Crippen LogP contribution in [0.3, 0.4) is 0 Å². The van der Waals surface area contributed by atoms with Gasteiger partial charge in [-0.2, -0.15) is 0 Å². The zero-order valence-corrected chi connectivity index (χ0v) is 16.9. The maximum atomic E-state index is 14.6. The third kappa shape index (κ3) is 4.05. The standard InChI is InChI=1S/C25H26F2N2O/c26-23-12-21(19-7-9-28-10-8-19)13-24(27)25(23)30-22-15-29(16-22)14-17-5-6-18-3-1-2-4-20(18)11-17/h1-6,11-13,19,22,28H,7-10,14-16H2. The highest BCUT2D eigenvalue weighted by Crippen LogP contribution is 2.32. The number of halogens is 2. The van der Waals surface area contributed by atoms with Gasteiger partial charge in [-0.1, -0.05) is 36.4 Å². The van der Waals surface area contributed by atoms with Crippen LogP contribution in [0.5, 0.6) is 5.75 Å². The number of likely N-dealkylation sites (tertiary alicyclic amines) is 1. The molecule has 2 heterocycles. The molecule has 30 heavy (non-hydrogen) atoms. The Kier molecular flexibility index (Phi) is 5.40. The van der Waals surface area contributed by atoms with Crippen LogP contribution in [0.25, 0.3) is 10.8 Å². The molecule has 2 fully saturated rings. The van der Waals surface area contributed by atoms with Gasteiger partial charge in [0.25, 0.3) is 0 Å². The molecule has 2 aliphatic heterocycles. The quantitative estimate of drug-likeness (QED) is 0.653. The van der Waals surface area contributed by atoms with E-state index >= 15 is 0 Å². The van der Waals surface area contributed by atoms with Crippen molar-refractivity contribution in [3.05, 3.63) is 77.4 Å². The predicted octanol–water partition coefficient (Wildman–Crippen LogP) is 4.85. The second-order valence-electron chi connectivity index (χ2n) is 8.45. The maximum absolute atomic E-state index is 14.6. The summed E-state index contributed by atoms with van der Waals surface area (Å²) in [7, 11) is 0. The Labute approximate surface area is 175 Å². The van der Waals surface area contributed by atoms with Crippen molar-refractivity contribution in [3.63, 3.8) is 0 Å². The molecule has 5 rings (SSSR count). The lowest BCUT2D eigenvalue weighted by Crippen LogP contribution is -2.53. The fourth-order valence-electron chi connectivity index (χ4n) is 4.57. The van der Waals surface area contributed by atoms with Gasteiger partial charge in [0.2, 0.25) is 0 Å². The van der Waals surface area contributed by atoms with E-state index in [1.807, 2.05) is 12.1 Å². The average molecular weight is 408 g/mol. The summed E-state index contributed by atoms with van der Waals surface area (Å²) in [6.07, 6.45) is 1.64. The van der Waals surface area contributed by atoms with E-state index in [0.29, 0.717) is 13.1 Å². The smallest absolute Gasteiger partial charge is 0.191 e. The first-order valence-electron chi connectivity index (χ1n) is 10.7. The van der Waals surface area contributed by atoms with Crippen molar-refractivity contribution in [2.45, 2.75) is 31.4 Å². The molecule has 156 valence electrons. The van der Waals surface area contributed by atoms with E-state index in [4.69, 9.17) is 4.74 Å². The van der Waals surface area contributed by atoms with Crippen LogP contribution < -0.4 is 10.1 Å². The van der Waals surface area contributed by atoms with Crippen molar-refractivity contribution in [2.24, 2.45) is 0 Å². The van der Waals surface area contributed by atoms with E-state index in [2.05, 4.69) is 40.5 Å². The Morgan fingerprint density at radius 1 is 0.900 bits per heavy atom. The molecule has 5 heteroatoms. The van der Waals surface area contributed by atoms with E-state index in [-0.39, 0.29) is 17.8 Å². The molecular weight excluding hydrogens is 382 g/mol. The van der Waals surface area contributed by atoms with Crippen molar-refractivity contribution < 1.29 is 13.5 Å². The van der Waals surface area contributed by atoms with Gasteiger partial charge in [0.15, 0.2) is 17.4 Å². The molecule has 2 aliphatic rings. The Balaban J connectivity index is 1.19. The Hall–Kier alpha value is -2.50. The summed E-state index contributed by atoms with van der Waals surface area (Å²) in [4.78, 5) is 2.23. The molecule has 0 bridgehead atoms. The number of ether oxygens (including phenoxy) is 1. The maximum Gasteiger partial charge on any atom is 0.191 e. The van der Waals surface area contributed by atoms with Crippen LogP contribution in [0.4, 0.5) is 8.78 Å². The molecule has 0 atom stereocenters. The number of nitrogens with zero attached hydrogens (tertiary/aromatic N) is 1. The fourth-order valence-corrected chi connectivity index (χ4v) is 4.57. The highest BCUT2D eigenvalue weighted by atomic mass is 19.1. The van der Waals surface area contributed by atoms with E-state index in [1.54, 1.807) is 0 Å². The van der Waals surface area contributed by atoms with Crippen LogP contribution in [-0.4, -0.2) is 37.2 Å². The van der Waals surface area contributed by atoms with Gasteiger partial charge in [-0.3, -0.25) is 4.90 Å². The summed E-state index contributed by atoms with van der Waals surface area (Å²) < 4.78 is 34.9. The normalized spacial score (nSPS) is 18.5. The molecular formula is C25H26F2N2O. The number of nitrogens with one attached hydrogen (secondary N) is 1. The molecule has 0 saturated carbocycles. The van der Waals surface area contributed by atoms with Crippen LogP contribution in [0.2, 0.25) is 0 Å². The van der Waals surface area contributed by atoms with Crippen molar-refractivity contribution in [1.29, 1.82) is 0 Å². The van der Waals surface area contributed by atoms with Crippen LogP contribution in [0.1, 0.15) is 29.9 Å². The average Bonchev–Trinajstić information content (AvgIpc) is 2.74. The first-order valence-corrected chi connectivity index (χ1v) is 10.7. The number of rotatable bonds is 5. The third-order valence-electron chi connectivity index (χ3n) is 6.26. The van der Waals surface area contributed by atoms with Crippen molar-refractivity contribution >= 4 is 10.8 Å². The molecule has 3 aromatic carbocycles. The van der Waals surface area contributed by atoms with Gasteiger partial charge < -0.3 is 10.1 Å². The van der Waals surface area contributed by atoms with Crippen LogP contribution in [-0.2, 0) is 6.54 Å². The van der Waals surface area contributed by atoms with E-state index in [1.165, 1.54) is 28.5 Å². The minimum Gasteiger partial charge on any atom is -0.482 e. The van der Waals surface area contributed by atoms with Crippen LogP contribution >= 0.6 is 0 Å². The second kappa shape index (κ2) is 8.32. The summed E-state index contributed by atoms with van der Waals surface area (Å²) in [6, 6.07) is 17.7. The summed E-state index contributed by atoms with van der Waals surface area (Å²) in [6.45, 7) is 3.93. The van der Waals surface area contributed by atoms with Gasteiger partial charge in [-0.05, 0) is 71.9 Å². The highest BCUT2D eigenvalue weighted by molar-refractivity contribution is 5.82. The molecule has 0 aromatic heterocycles. The molecule has 1 N–H and O–H groups in total. The number of piperidine rings is 1. The minimum atomic E-state index is -0.587. The SMILES string of the molecule is Fc1cc(C2CCNCC2)cc(F)c1OC1CN(Cc2ccc3ccccc3c2)C1. The molecule has 0 aliphatic carbocycles. The molecule has 3 nitrogen and oxygen atoms in total. The lowest BCUT2D eigenvalue weighted by molar-refractivity contribution is 0.00990. The minimum absolute atomic E-state index is 0.181. The van der Waals surface area contributed by atoms with Gasteiger partial charge in [-0.15, -0.1) is 0 Å². The van der Waals surface area contributed by atoms with Gasteiger partial charge in [0.1, 0.15) is 6.10 Å². The Morgan fingerprint density at radius 3 is 2.33 bits per heavy atom. The first kappa shape index (κ1) is 19.5.